The summed E-state index contributed by atoms with van der Waals surface area (Å²) in [5.41, 5.74) is 2.47. The van der Waals surface area contributed by atoms with Gasteiger partial charge in [-0.15, -0.1) is 5.10 Å². The highest BCUT2D eigenvalue weighted by Gasteiger charge is 2.26. The standard InChI is InChI=1S/C27H34N6O4/c1-20-28-26(29-33(20)22-10-12-23(37-4)13-11-22)27(35)31-17-16-30(2)14-7-15-32(25(34)19-36-3)24-9-6-5-8-21(24)18-31/h5-6,8-13H,7,14-19H2,1-4H3. The van der Waals surface area contributed by atoms with Crippen molar-refractivity contribution in [2.24, 2.45) is 0 Å². The molecule has 3 aromatic rings. The largest absolute Gasteiger partial charge is 0.497 e. The summed E-state index contributed by atoms with van der Waals surface area (Å²) in [6.45, 7) is 4.72. The number of rotatable bonds is 5. The molecule has 2 amide bonds. The highest BCUT2D eigenvalue weighted by atomic mass is 16.5. The van der Waals surface area contributed by atoms with E-state index < -0.39 is 0 Å². The molecule has 1 aliphatic rings. The van der Waals surface area contributed by atoms with Gasteiger partial charge in [0.2, 0.25) is 5.82 Å². The van der Waals surface area contributed by atoms with Gasteiger partial charge in [0.05, 0.1) is 12.8 Å². The van der Waals surface area contributed by atoms with Crippen LogP contribution in [-0.2, 0) is 16.1 Å². The van der Waals surface area contributed by atoms with E-state index in [9.17, 15) is 9.59 Å². The first-order chi connectivity index (χ1) is 17.9. The third-order valence-corrected chi connectivity index (χ3v) is 6.45. The zero-order valence-corrected chi connectivity index (χ0v) is 21.9. The molecule has 1 aliphatic heterocycles. The Morgan fingerprint density at radius 3 is 2.46 bits per heavy atom. The van der Waals surface area contributed by atoms with Gasteiger partial charge in [-0.3, -0.25) is 9.59 Å². The second-order valence-electron chi connectivity index (χ2n) is 9.08. The monoisotopic (exact) mass is 506 g/mol. The summed E-state index contributed by atoms with van der Waals surface area (Å²) in [4.78, 5) is 36.8. The molecule has 0 unspecified atom stereocenters. The van der Waals surface area contributed by atoms with Crippen LogP contribution in [0, 0.1) is 6.92 Å². The molecule has 0 N–H and O–H groups in total. The van der Waals surface area contributed by atoms with Crippen molar-refractivity contribution in [3.8, 4) is 11.4 Å². The fourth-order valence-electron chi connectivity index (χ4n) is 4.44. The van der Waals surface area contributed by atoms with Crippen LogP contribution in [-0.4, -0.2) is 90.4 Å². The normalized spacial score (nSPS) is 15.1. The zero-order chi connectivity index (χ0) is 26.4. The van der Waals surface area contributed by atoms with Crippen LogP contribution >= 0.6 is 0 Å². The minimum atomic E-state index is -0.257. The lowest BCUT2D eigenvalue weighted by molar-refractivity contribution is -0.122. The molecule has 196 valence electrons. The number of nitrogens with zero attached hydrogens (tertiary/aromatic N) is 6. The lowest BCUT2D eigenvalue weighted by Gasteiger charge is -2.27. The number of ether oxygens (including phenoxy) is 2. The molecule has 0 saturated heterocycles. The third kappa shape index (κ3) is 6.15. The first-order valence-corrected chi connectivity index (χ1v) is 12.3. The van der Waals surface area contributed by atoms with Gasteiger partial charge in [-0.05, 0) is 62.8 Å². The maximum absolute atomic E-state index is 13.7. The summed E-state index contributed by atoms with van der Waals surface area (Å²) < 4.78 is 12.0. The van der Waals surface area contributed by atoms with Crippen molar-refractivity contribution in [1.29, 1.82) is 0 Å². The number of hydrogen-bond acceptors (Lipinski definition) is 7. The summed E-state index contributed by atoms with van der Waals surface area (Å²) in [5.74, 6) is 1.12. The number of hydrogen-bond donors (Lipinski definition) is 0. The van der Waals surface area contributed by atoms with Crippen LogP contribution in [0.15, 0.2) is 48.5 Å². The average Bonchev–Trinajstić information content (AvgIpc) is 3.29. The molecule has 4 rings (SSSR count). The Bertz CT molecular complexity index is 1230. The zero-order valence-electron chi connectivity index (χ0n) is 21.9. The minimum absolute atomic E-state index is 0.00118. The second-order valence-corrected chi connectivity index (χ2v) is 9.08. The van der Waals surface area contributed by atoms with Gasteiger partial charge < -0.3 is 24.2 Å². The van der Waals surface area contributed by atoms with Crippen molar-refractivity contribution in [3.63, 3.8) is 0 Å². The van der Waals surface area contributed by atoms with Crippen molar-refractivity contribution >= 4 is 17.5 Å². The Kier molecular flexibility index (Phi) is 8.52. The Morgan fingerprint density at radius 1 is 0.973 bits per heavy atom. The second kappa shape index (κ2) is 12.0. The summed E-state index contributed by atoms with van der Waals surface area (Å²) >= 11 is 0. The van der Waals surface area contributed by atoms with E-state index in [1.165, 1.54) is 7.11 Å². The number of aryl methyl sites for hydroxylation is 1. The lowest BCUT2D eigenvalue weighted by atomic mass is 10.1. The number of carbonyl (C=O) groups is 2. The summed E-state index contributed by atoms with van der Waals surface area (Å²) in [5, 5.41) is 4.55. The fraction of sp³-hybridized carbons (Fsp3) is 0.407. The molecule has 2 aromatic carbocycles. The van der Waals surface area contributed by atoms with E-state index in [0.717, 1.165) is 35.7 Å². The van der Waals surface area contributed by atoms with Gasteiger partial charge >= 0.3 is 0 Å². The van der Waals surface area contributed by atoms with E-state index in [0.29, 0.717) is 32.0 Å². The molecule has 0 atom stereocenters. The number of methoxy groups -OCH3 is 2. The first kappa shape index (κ1) is 26.3. The minimum Gasteiger partial charge on any atom is -0.497 e. The molecular formula is C27H34N6O4. The number of amides is 2. The molecule has 0 fully saturated rings. The van der Waals surface area contributed by atoms with Gasteiger partial charge in [-0.1, -0.05) is 18.2 Å². The number of likely N-dealkylation sites (N-methyl/N-ethyl adjacent to an activating group) is 1. The smallest absolute Gasteiger partial charge is 0.293 e. The molecule has 2 heterocycles. The van der Waals surface area contributed by atoms with E-state index in [1.807, 2.05) is 62.5 Å². The molecule has 0 radical (unpaired) electrons. The SMILES string of the molecule is COCC(=O)N1CCCN(C)CCN(C(=O)c2nc(C)n(-c3ccc(OC)cc3)n2)Cc2ccccc21. The topological polar surface area (TPSA) is 93.0 Å². The molecule has 0 bridgehead atoms. The van der Waals surface area contributed by atoms with Crippen LogP contribution in [0.2, 0.25) is 0 Å². The maximum atomic E-state index is 13.7. The highest BCUT2D eigenvalue weighted by molar-refractivity contribution is 5.95. The predicted octanol–water partition coefficient (Wildman–Crippen LogP) is 2.54. The van der Waals surface area contributed by atoms with E-state index in [2.05, 4.69) is 15.0 Å². The van der Waals surface area contributed by atoms with Gasteiger partial charge in [0.1, 0.15) is 18.2 Å². The van der Waals surface area contributed by atoms with Gasteiger partial charge in [0.25, 0.3) is 11.8 Å². The highest BCUT2D eigenvalue weighted by Crippen LogP contribution is 2.24. The van der Waals surface area contributed by atoms with Gasteiger partial charge in [0, 0.05) is 39.0 Å². The van der Waals surface area contributed by atoms with Crippen LogP contribution in [0.1, 0.15) is 28.4 Å². The molecule has 10 heteroatoms. The van der Waals surface area contributed by atoms with E-state index in [4.69, 9.17) is 9.47 Å². The summed E-state index contributed by atoms with van der Waals surface area (Å²) in [6.07, 6.45) is 0.807. The van der Waals surface area contributed by atoms with Gasteiger partial charge in [-0.2, -0.15) is 0 Å². The number of carbonyl (C=O) groups excluding carboxylic acids is 2. The van der Waals surface area contributed by atoms with E-state index in [-0.39, 0.29) is 24.2 Å². The first-order valence-electron chi connectivity index (χ1n) is 12.3. The van der Waals surface area contributed by atoms with Gasteiger partial charge in [0.15, 0.2) is 0 Å². The van der Waals surface area contributed by atoms with Crippen molar-refractivity contribution in [2.75, 3.05) is 59.0 Å². The number of fused-ring (bicyclic) bond motifs is 1. The van der Waals surface area contributed by atoms with Crippen molar-refractivity contribution < 1.29 is 19.1 Å². The summed E-state index contributed by atoms with van der Waals surface area (Å²) in [7, 11) is 5.16. The van der Waals surface area contributed by atoms with Gasteiger partial charge in [-0.25, -0.2) is 9.67 Å². The quantitative estimate of drug-likeness (QED) is 0.525. The average molecular weight is 507 g/mol. The van der Waals surface area contributed by atoms with Crippen LogP contribution in [0.25, 0.3) is 5.69 Å². The van der Waals surface area contributed by atoms with E-state index in [1.54, 1.807) is 21.6 Å². The molecule has 0 saturated carbocycles. The molecule has 37 heavy (non-hydrogen) atoms. The summed E-state index contributed by atoms with van der Waals surface area (Å²) in [6, 6.07) is 15.1. The van der Waals surface area contributed by atoms with Crippen LogP contribution in [0.5, 0.6) is 5.75 Å². The van der Waals surface area contributed by atoms with E-state index >= 15 is 0 Å². The Morgan fingerprint density at radius 2 is 1.73 bits per heavy atom. The number of para-hydroxylation sites is 1. The molecule has 0 spiro atoms. The third-order valence-electron chi connectivity index (χ3n) is 6.45. The van der Waals surface area contributed by atoms with Crippen molar-refractivity contribution in [3.05, 3.63) is 65.7 Å². The van der Waals surface area contributed by atoms with Crippen LogP contribution in [0.3, 0.4) is 0 Å². The maximum Gasteiger partial charge on any atom is 0.293 e. The van der Waals surface area contributed by atoms with Crippen LogP contribution < -0.4 is 9.64 Å². The van der Waals surface area contributed by atoms with Crippen molar-refractivity contribution in [2.45, 2.75) is 19.9 Å². The van der Waals surface area contributed by atoms with Crippen molar-refractivity contribution in [1.82, 2.24) is 24.6 Å². The molecule has 10 nitrogen and oxygen atoms in total. The molecule has 0 aliphatic carbocycles. The lowest BCUT2D eigenvalue weighted by Crippen LogP contribution is -2.38. The molecule has 1 aromatic heterocycles. The molecular weight excluding hydrogens is 472 g/mol. The fourth-order valence-corrected chi connectivity index (χ4v) is 4.44. The number of benzene rings is 2. The Hall–Kier alpha value is -3.76. The van der Waals surface area contributed by atoms with Crippen LogP contribution in [0.4, 0.5) is 5.69 Å². The number of aromatic nitrogens is 3. The predicted molar refractivity (Wildman–Crippen MR) is 140 cm³/mol. The Balaban J connectivity index is 1.66. The number of anilines is 1. The Labute approximate surface area is 217 Å².